The van der Waals surface area contributed by atoms with E-state index >= 15 is 0 Å². The number of anilines is 1. The molecule has 2 aliphatic rings. The number of aliphatic hydroxyl groups is 1. The minimum atomic E-state index is -1.05. The van der Waals surface area contributed by atoms with Crippen molar-refractivity contribution in [2.24, 2.45) is 5.92 Å². The van der Waals surface area contributed by atoms with Crippen LogP contribution in [0.2, 0.25) is 10.0 Å². The molecule has 1 aromatic carbocycles. The molecule has 0 amide bonds. The molecule has 32 heavy (non-hydrogen) atoms. The highest BCUT2D eigenvalue weighted by Gasteiger charge is 2.36. The van der Waals surface area contributed by atoms with Crippen LogP contribution in [0.3, 0.4) is 0 Å². The number of halogens is 2. The molecule has 2 atom stereocenters. The lowest BCUT2D eigenvalue weighted by Crippen LogP contribution is -2.46. The maximum atomic E-state index is 13.7. The van der Waals surface area contributed by atoms with Gasteiger partial charge in [0.1, 0.15) is 5.52 Å². The van der Waals surface area contributed by atoms with Crippen LogP contribution in [0.25, 0.3) is 5.52 Å². The average Bonchev–Trinajstić information content (AvgIpc) is 3.53. The zero-order chi connectivity index (χ0) is 22.6. The number of nitrogens with zero attached hydrogens (tertiary/aromatic N) is 3. The van der Waals surface area contributed by atoms with Crippen molar-refractivity contribution in [1.82, 2.24) is 9.38 Å². The fourth-order valence-corrected chi connectivity index (χ4v) is 5.02. The van der Waals surface area contributed by atoms with Crippen molar-refractivity contribution < 1.29 is 19.8 Å². The van der Waals surface area contributed by atoms with Gasteiger partial charge >= 0.3 is 5.97 Å². The number of aromatic nitrogens is 2. The second-order valence-electron chi connectivity index (χ2n) is 8.39. The summed E-state index contributed by atoms with van der Waals surface area (Å²) in [5.41, 5.74) is 1.93. The SMILES string of the molecule is O=C(c1c(Cl)cccc1C1CC1)c1nc(N2CC[C@H](C(=O)O)[C@@H](O)C2)c2c(Cl)cccn12. The molecular formula is C23H21Cl2N3O4. The van der Waals surface area contributed by atoms with E-state index in [2.05, 4.69) is 4.98 Å². The molecule has 5 rings (SSSR count). The van der Waals surface area contributed by atoms with Crippen LogP contribution in [0.15, 0.2) is 36.5 Å². The van der Waals surface area contributed by atoms with Gasteiger partial charge in [-0.25, -0.2) is 4.98 Å². The highest BCUT2D eigenvalue weighted by atomic mass is 35.5. The summed E-state index contributed by atoms with van der Waals surface area (Å²) >= 11 is 13.0. The molecule has 2 N–H and O–H groups in total. The number of imidazole rings is 1. The molecule has 166 valence electrons. The van der Waals surface area contributed by atoms with Crippen LogP contribution in [-0.2, 0) is 4.79 Å². The normalized spacial score (nSPS) is 21.2. The Balaban J connectivity index is 1.60. The quantitative estimate of drug-likeness (QED) is 0.543. The van der Waals surface area contributed by atoms with E-state index in [4.69, 9.17) is 23.2 Å². The van der Waals surface area contributed by atoms with Crippen molar-refractivity contribution in [2.45, 2.75) is 31.3 Å². The molecule has 1 aliphatic heterocycles. The third kappa shape index (κ3) is 3.54. The zero-order valence-electron chi connectivity index (χ0n) is 17.0. The fourth-order valence-electron chi connectivity index (χ4n) is 4.50. The number of hydrogen-bond donors (Lipinski definition) is 2. The highest BCUT2D eigenvalue weighted by molar-refractivity contribution is 6.36. The number of fused-ring (bicyclic) bond motifs is 1. The Morgan fingerprint density at radius 2 is 1.81 bits per heavy atom. The standard InChI is InChI=1S/C23H21Cl2N3O4/c24-15-4-1-3-13(12-6-7-12)18(15)20(30)22-26-21(19-16(25)5-2-9-28(19)22)27-10-8-14(23(31)32)17(29)11-27/h1-5,9,12,14,17,29H,6-8,10-11H2,(H,31,32)/t14-,17-/m0/s1. The number of carboxylic acids is 1. The van der Waals surface area contributed by atoms with Crippen LogP contribution in [0.5, 0.6) is 0 Å². The number of carboxylic acid groups (broad SMARTS) is 1. The fraction of sp³-hybridized carbons (Fsp3) is 0.348. The average molecular weight is 474 g/mol. The number of ketones is 1. The molecule has 0 spiro atoms. The number of aliphatic carboxylic acids is 1. The van der Waals surface area contributed by atoms with E-state index in [1.54, 1.807) is 33.7 Å². The van der Waals surface area contributed by atoms with Gasteiger partial charge in [0.15, 0.2) is 11.6 Å². The largest absolute Gasteiger partial charge is 0.481 e. The van der Waals surface area contributed by atoms with Crippen LogP contribution in [0.4, 0.5) is 5.82 Å². The van der Waals surface area contributed by atoms with Gasteiger partial charge in [-0.05, 0) is 48.9 Å². The van der Waals surface area contributed by atoms with E-state index in [0.717, 1.165) is 18.4 Å². The van der Waals surface area contributed by atoms with Gasteiger partial charge in [-0.3, -0.25) is 14.0 Å². The van der Waals surface area contributed by atoms with Crippen molar-refractivity contribution in [1.29, 1.82) is 0 Å². The first-order chi connectivity index (χ1) is 15.4. The number of pyridine rings is 1. The molecule has 3 aromatic rings. The lowest BCUT2D eigenvalue weighted by molar-refractivity contribution is -0.146. The summed E-state index contributed by atoms with van der Waals surface area (Å²) in [6.45, 7) is 0.459. The predicted octanol–water partition coefficient (Wildman–Crippen LogP) is 4.02. The molecule has 9 heteroatoms. The Kier molecular flexibility index (Phi) is 5.35. The van der Waals surface area contributed by atoms with Gasteiger partial charge in [-0.2, -0.15) is 0 Å². The number of benzene rings is 1. The van der Waals surface area contributed by atoms with Gasteiger partial charge in [0, 0.05) is 24.8 Å². The molecule has 7 nitrogen and oxygen atoms in total. The van der Waals surface area contributed by atoms with Crippen molar-refractivity contribution >= 4 is 46.3 Å². The first kappa shape index (κ1) is 21.2. The van der Waals surface area contributed by atoms with Crippen LogP contribution >= 0.6 is 23.2 Å². The van der Waals surface area contributed by atoms with Gasteiger partial charge in [0.05, 0.1) is 22.1 Å². The lowest BCUT2D eigenvalue weighted by Gasteiger charge is -2.34. The second-order valence-corrected chi connectivity index (χ2v) is 9.20. The Hall–Kier alpha value is -2.61. The first-order valence-electron chi connectivity index (χ1n) is 10.5. The Morgan fingerprint density at radius 1 is 1.06 bits per heavy atom. The number of carbonyl (C=O) groups excluding carboxylic acids is 1. The molecule has 3 heterocycles. The monoisotopic (exact) mass is 473 g/mol. The van der Waals surface area contributed by atoms with E-state index in [0.29, 0.717) is 39.4 Å². The van der Waals surface area contributed by atoms with Crippen molar-refractivity contribution in [2.75, 3.05) is 18.0 Å². The van der Waals surface area contributed by atoms with Crippen molar-refractivity contribution in [3.63, 3.8) is 0 Å². The van der Waals surface area contributed by atoms with Gasteiger partial charge in [-0.15, -0.1) is 0 Å². The van der Waals surface area contributed by atoms with Crippen LogP contribution in [-0.4, -0.2) is 50.5 Å². The summed E-state index contributed by atoms with van der Waals surface area (Å²) in [4.78, 5) is 31.5. The van der Waals surface area contributed by atoms with E-state index in [9.17, 15) is 19.8 Å². The third-order valence-corrected chi connectivity index (χ3v) is 6.91. The maximum absolute atomic E-state index is 13.7. The van der Waals surface area contributed by atoms with E-state index < -0.39 is 18.0 Å². The van der Waals surface area contributed by atoms with E-state index in [1.165, 1.54) is 0 Å². The second kappa shape index (κ2) is 8.06. The Bertz CT molecular complexity index is 1240. The maximum Gasteiger partial charge on any atom is 0.309 e. The van der Waals surface area contributed by atoms with Gasteiger partial charge in [-0.1, -0.05) is 35.3 Å². The number of piperidine rings is 1. The van der Waals surface area contributed by atoms with E-state index in [1.807, 2.05) is 12.1 Å². The molecule has 2 fully saturated rings. The summed E-state index contributed by atoms with van der Waals surface area (Å²) < 4.78 is 1.65. The topological polar surface area (TPSA) is 95.1 Å². The van der Waals surface area contributed by atoms with Crippen LogP contribution < -0.4 is 4.90 Å². The van der Waals surface area contributed by atoms with Crippen LogP contribution in [0, 0.1) is 5.92 Å². The summed E-state index contributed by atoms with van der Waals surface area (Å²) in [6, 6.07) is 8.94. The van der Waals surface area contributed by atoms with Crippen LogP contribution in [0.1, 0.15) is 46.9 Å². The number of rotatable bonds is 5. The summed E-state index contributed by atoms with van der Waals surface area (Å²) in [5, 5.41) is 20.5. The molecule has 0 bridgehead atoms. The number of hydrogen-bond acceptors (Lipinski definition) is 5. The predicted molar refractivity (Wildman–Crippen MR) is 121 cm³/mol. The summed E-state index contributed by atoms with van der Waals surface area (Å²) in [7, 11) is 0. The molecule has 1 saturated heterocycles. The third-order valence-electron chi connectivity index (χ3n) is 6.29. The summed E-state index contributed by atoms with van der Waals surface area (Å²) in [5.74, 6) is -1.19. The summed E-state index contributed by atoms with van der Waals surface area (Å²) in [6.07, 6.45) is 2.98. The number of carbonyl (C=O) groups is 2. The smallest absolute Gasteiger partial charge is 0.309 e. The van der Waals surface area contributed by atoms with Gasteiger partial charge in [0.2, 0.25) is 5.78 Å². The molecule has 2 aromatic heterocycles. The minimum absolute atomic E-state index is 0.0852. The van der Waals surface area contributed by atoms with Gasteiger partial charge < -0.3 is 15.1 Å². The molecular weight excluding hydrogens is 453 g/mol. The van der Waals surface area contributed by atoms with E-state index in [-0.39, 0.29) is 24.6 Å². The molecule has 1 saturated carbocycles. The molecule has 0 radical (unpaired) electrons. The molecule has 1 aliphatic carbocycles. The minimum Gasteiger partial charge on any atom is -0.481 e. The number of aliphatic hydroxyl groups excluding tert-OH is 1. The first-order valence-corrected chi connectivity index (χ1v) is 11.3. The zero-order valence-corrected chi connectivity index (χ0v) is 18.6. The van der Waals surface area contributed by atoms with Crippen molar-refractivity contribution in [3.8, 4) is 0 Å². The van der Waals surface area contributed by atoms with Crippen molar-refractivity contribution in [3.05, 3.63) is 63.5 Å². The Labute approximate surface area is 194 Å². The Morgan fingerprint density at radius 3 is 2.50 bits per heavy atom. The number of β-amino-alcohol motifs (C(OH)–C–C–N with tert-alkyl or cyclic N) is 1. The van der Waals surface area contributed by atoms with Gasteiger partial charge in [0.25, 0.3) is 0 Å². The molecule has 0 unspecified atom stereocenters. The lowest BCUT2D eigenvalue weighted by atomic mass is 9.94. The highest BCUT2D eigenvalue weighted by Crippen LogP contribution is 2.44.